The second-order valence-electron chi connectivity index (χ2n) is 15.6. The first kappa shape index (κ1) is 30.4. The first-order valence-corrected chi connectivity index (χ1v) is 19.4. The van der Waals surface area contributed by atoms with Gasteiger partial charge in [0.05, 0.1) is 17.1 Å². The van der Waals surface area contributed by atoms with Crippen LogP contribution in [0.1, 0.15) is 26.3 Å². The Hall–Kier alpha value is -6.11. The number of nitrogens with zero attached hydrogens (tertiary/aromatic N) is 2. The summed E-state index contributed by atoms with van der Waals surface area (Å²) in [6.45, 7) is 6.64. The van der Waals surface area contributed by atoms with Crippen LogP contribution in [0, 0.1) is 0 Å². The van der Waals surface area contributed by atoms with Crippen molar-refractivity contribution in [3.63, 3.8) is 0 Å². The zero-order valence-electron chi connectivity index (χ0n) is 30.1. The zero-order chi connectivity index (χ0) is 35.9. The van der Waals surface area contributed by atoms with E-state index in [2.05, 4.69) is 176 Å². The number of fused-ring (bicyclic) bond motifs is 12. The van der Waals surface area contributed by atoms with Gasteiger partial charge in [-0.2, -0.15) is 0 Å². The van der Waals surface area contributed by atoms with Gasteiger partial charge in [-0.15, -0.1) is 0 Å². The van der Waals surface area contributed by atoms with Gasteiger partial charge < -0.3 is 18.5 Å². The maximum Gasteiger partial charge on any atom is 0.376 e. The van der Waals surface area contributed by atoms with E-state index in [-0.39, 0.29) is 12.3 Å². The van der Waals surface area contributed by atoms with Crippen LogP contribution in [0.2, 0.25) is 0 Å². The molecule has 0 unspecified atom stereocenters. The minimum absolute atomic E-state index is 0.0318. The Morgan fingerprint density at radius 2 is 1.28 bits per heavy atom. The van der Waals surface area contributed by atoms with Crippen LogP contribution in [0.25, 0.3) is 55.2 Å². The molecule has 3 aliphatic heterocycles. The number of furan rings is 2. The normalized spacial score (nSPS) is 14.0. The van der Waals surface area contributed by atoms with E-state index in [1.165, 1.54) is 54.4 Å². The molecule has 9 aromatic rings. The minimum Gasteiger partial charge on any atom is -0.466 e. The SMILES string of the molecule is CC(C)(C)c1ccc(N2c3cc4oc5ccccc5c4c4c3B(c3oc5ccccc5c32)N2c3ccccc3Sc3cccc-4c32)c(-c2ccccc2)c1. The largest absolute Gasteiger partial charge is 0.466 e. The van der Waals surface area contributed by atoms with Crippen molar-refractivity contribution in [2.24, 2.45) is 0 Å². The highest BCUT2D eigenvalue weighted by molar-refractivity contribution is 7.99. The zero-order valence-corrected chi connectivity index (χ0v) is 30.9. The summed E-state index contributed by atoms with van der Waals surface area (Å²) in [6, 6.07) is 52.8. The van der Waals surface area contributed by atoms with Gasteiger partial charge in [-0.3, -0.25) is 0 Å². The average Bonchev–Trinajstić information content (AvgIpc) is 3.77. The van der Waals surface area contributed by atoms with Crippen LogP contribution in [-0.4, -0.2) is 6.85 Å². The van der Waals surface area contributed by atoms with Gasteiger partial charge in [-0.1, -0.05) is 124 Å². The number of anilines is 5. The highest BCUT2D eigenvalue weighted by Crippen LogP contribution is 2.58. The molecule has 0 spiro atoms. The monoisotopic (exact) mass is 712 g/mol. The quantitative estimate of drug-likeness (QED) is 0.167. The van der Waals surface area contributed by atoms with Gasteiger partial charge in [0.15, 0.2) is 0 Å². The summed E-state index contributed by atoms with van der Waals surface area (Å²) in [4.78, 5) is 7.53. The van der Waals surface area contributed by atoms with Crippen LogP contribution in [0.15, 0.2) is 164 Å². The van der Waals surface area contributed by atoms with E-state index in [0.717, 1.165) is 55.6 Å². The minimum atomic E-state index is -0.226. The molecule has 256 valence electrons. The predicted octanol–water partition coefficient (Wildman–Crippen LogP) is 12.5. The summed E-state index contributed by atoms with van der Waals surface area (Å²) < 4.78 is 14.0. The Balaban J connectivity index is 1.28. The van der Waals surface area contributed by atoms with E-state index < -0.39 is 0 Å². The lowest BCUT2D eigenvalue weighted by Crippen LogP contribution is -2.61. The molecular weight excluding hydrogens is 679 g/mol. The third-order valence-electron chi connectivity index (χ3n) is 11.6. The van der Waals surface area contributed by atoms with Crippen molar-refractivity contribution in [3.8, 4) is 22.3 Å². The van der Waals surface area contributed by atoms with Gasteiger partial charge in [0.2, 0.25) is 0 Å². The van der Waals surface area contributed by atoms with E-state index in [4.69, 9.17) is 8.83 Å². The number of hydrogen-bond acceptors (Lipinski definition) is 5. The summed E-state index contributed by atoms with van der Waals surface area (Å²) in [5.41, 5.74) is 16.6. The van der Waals surface area contributed by atoms with Gasteiger partial charge in [0.1, 0.15) is 22.4 Å². The first-order chi connectivity index (χ1) is 26.4. The van der Waals surface area contributed by atoms with E-state index in [1.807, 2.05) is 11.8 Å². The summed E-state index contributed by atoms with van der Waals surface area (Å²) in [7, 11) is 0. The van der Waals surface area contributed by atoms with E-state index >= 15 is 0 Å². The van der Waals surface area contributed by atoms with Crippen LogP contribution < -0.4 is 20.8 Å². The fourth-order valence-corrected chi connectivity index (χ4v) is 10.3. The van der Waals surface area contributed by atoms with Crippen LogP contribution >= 0.6 is 11.8 Å². The van der Waals surface area contributed by atoms with Crippen LogP contribution in [0.3, 0.4) is 0 Å². The lowest BCUT2D eigenvalue weighted by Gasteiger charge is -2.46. The maximum absolute atomic E-state index is 7.21. The second kappa shape index (κ2) is 10.7. The lowest BCUT2D eigenvalue weighted by atomic mass is 9.45. The molecule has 0 fully saturated rings. The Labute approximate surface area is 317 Å². The summed E-state index contributed by atoms with van der Waals surface area (Å²) in [5, 5.41) is 3.36. The fraction of sp³-hybridized carbons (Fsp3) is 0.0833. The number of para-hydroxylation sites is 4. The number of rotatable bonds is 2. The molecule has 3 aliphatic rings. The van der Waals surface area contributed by atoms with Crippen molar-refractivity contribution in [2.75, 3.05) is 9.71 Å². The van der Waals surface area contributed by atoms with Crippen LogP contribution in [0.4, 0.5) is 28.4 Å². The average molecular weight is 713 g/mol. The van der Waals surface area contributed by atoms with Gasteiger partial charge in [-0.25, -0.2) is 0 Å². The fourth-order valence-electron chi connectivity index (χ4n) is 9.20. The van der Waals surface area contributed by atoms with Crippen molar-refractivity contribution in [3.05, 3.63) is 151 Å². The molecule has 0 atom stereocenters. The Bertz CT molecular complexity index is 3050. The van der Waals surface area contributed by atoms with Crippen molar-refractivity contribution in [2.45, 2.75) is 36.0 Å². The van der Waals surface area contributed by atoms with Crippen molar-refractivity contribution in [1.82, 2.24) is 0 Å². The van der Waals surface area contributed by atoms with Crippen molar-refractivity contribution in [1.29, 1.82) is 0 Å². The topological polar surface area (TPSA) is 32.8 Å². The molecule has 6 heteroatoms. The van der Waals surface area contributed by atoms with Gasteiger partial charge >= 0.3 is 6.85 Å². The summed E-state index contributed by atoms with van der Waals surface area (Å²) in [6.07, 6.45) is 0. The molecular formula is C48H33BN2O2S. The highest BCUT2D eigenvalue weighted by atomic mass is 32.2. The Morgan fingerprint density at radius 3 is 2.11 bits per heavy atom. The van der Waals surface area contributed by atoms with Crippen LogP contribution in [0.5, 0.6) is 0 Å². The Kier molecular flexibility index (Phi) is 6.04. The Morgan fingerprint density at radius 1 is 0.556 bits per heavy atom. The third-order valence-corrected chi connectivity index (χ3v) is 12.7. The third kappa shape index (κ3) is 4.01. The standard InChI is InChI=1S/C48H33BN2O2S/c1-48(2,3)29-24-25-34(33(26-29)28-14-5-4-6-15-28)50-36-27-39-42(30-16-7-10-20-37(30)52-39)43-32-18-13-23-41-45(32)51(35-19-9-12-22-40(35)54-41)49(44(36)43)47-46(50)31-17-8-11-21-38(31)53-47/h4-27H,1-3H3. The molecule has 2 aromatic heterocycles. The molecule has 0 saturated heterocycles. The molecule has 0 N–H and O–H groups in total. The molecule has 5 heterocycles. The summed E-state index contributed by atoms with van der Waals surface area (Å²) >= 11 is 1.85. The van der Waals surface area contributed by atoms with Crippen molar-refractivity contribution >= 4 is 91.1 Å². The second-order valence-corrected chi connectivity index (χ2v) is 16.7. The van der Waals surface area contributed by atoms with Gasteiger partial charge in [0, 0.05) is 54.5 Å². The smallest absolute Gasteiger partial charge is 0.376 e. The highest BCUT2D eigenvalue weighted by Gasteiger charge is 2.51. The van der Waals surface area contributed by atoms with Gasteiger partial charge in [0.25, 0.3) is 0 Å². The predicted molar refractivity (Wildman–Crippen MR) is 225 cm³/mol. The summed E-state index contributed by atoms with van der Waals surface area (Å²) in [5.74, 6) is 0. The maximum atomic E-state index is 7.21. The van der Waals surface area contributed by atoms with E-state index in [9.17, 15) is 0 Å². The number of benzene rings is 7. The van der Waals surface area contributed by atoms with Crippen LogP contribution in [-0.2, 0) is 5.41 Å². The van der Waals surface area contributed by atoms with Gasteiger partial charge in [-0.05, 0) is 76.1 Å². The molecule has 0 bridgehead atoms. The molecule has 0 radical (unpaired) electrons. The molecule has 12 rings (SSSR count). The molecule has 7 aromatic carbocycles. The van der Waals surface area contributed by atoms with E-state index in [1.54, 1.807) is 0 Å². The number of hydrogen-bond donors (Lipinski definition) is 0. The lowest BCUT2D eigenvalue weighted by molar-refractivity contribution is 0.590. The molecule has 4 nitrogen and oxygen atoms in total. The van der Waals surface area contributed by atoms with Crippen molar-refractivity contribution < 1.29 is 8.83 Å². The first-order valence-electron chi connectivity index (χ1n) is 18.6. The molecule has 0 saturated carbocycles. The molecule has 54 heavy (non-hydrogen) atoms. The molecule has 0 aliphatic carbocycles. The molecule has 0 amide bonds. The van der Waals surface area contributed by atoms with E-state index in [0.29, 0.717) is 0 Å².